The summed E-state index contributed by atoms with van der Waals surface area (Å²) < 4.78 is 72.4. The van der Waals surface area contributed by atoms with Crippen molar-refractivity contribution in [3.63, 3.8) is 0 Å². The zero-order chi connectivity index (χ0) is 25.7. The highest BCUT2D eigenvalue weighted by Crippen LogP contribution is 2.36. The molecule has 0 bridgehead atoms. The van der Waals surface area contributed by atoms with Crippen molar-refractivity contribution in [1.82, 2.24) is 14.4 Å². The van der Waals surface area contributed by atoms with Gasteiger partial charge < -0.3 is 4.52 Å². The van der Waals surface area contributed by atoms with Crippen LogP contribution in [0.1, 0.15) is 58.0 Å². The smallest absolute Gasteiger partial charge is 0.339 e. The van der Waals surface area contributed by atoms with Crippen LogP contribution in [0.5, 0.6) is 0 Å². The maximum Gasteiger partial charge on any atom is 0.416 e. The van der Waals surface area contributed by atoms with E-state index in [4.69, 9.17) is 4.52 Å². The van der Waals surface area contributed by atoms with E-state index in [0.29, 0.717) is 42.3 Å². The lowest BCUT2D eigenvalue weighted by molar-refractivity contribution is -0.137. The van der Waals surface area contributed by atoms with Crippen LogP contribution in [0.4, 0.5) is 13.2 Å². The Morgan fingerprint density at radius 2 is 1.40 bits per heavy atom. The predicted octanol–water partition coefficient (Wildman–Crippen LogP) is 5.87. The standard InChI is InChI=1S/C25H28F3N3O3S/c1-14-15(2)17(4)22(18(5)16(14)3)35(32,33)31-12-10-20(11-13-31)24-29-23(30-34-24)19-6-8-21(9-7-19)25(26,27)28/h6-9,20H,10-13H2,1-5H3. The Bertz CT molecular complexity index is 1330. The van der Waals surface area contributed by atoms with Crippen molar-refractivity contribution in [1.29, 1.82) is 0 Å². The molecule has 35 heavy (non-hydrogen) atoms. The van der Waals surface area contributed by atoms with Crippen molar-refractivity contribution >= 4 is 10.0 Å². The average molecular weight is 508 g/mol. The summed E-state index contributed by atoms with van der Waals surface area (Å²) in [4.78, 5) is 4.76. The molecule has 10 heteroatoms. The number of benzene rings is 2. The van der Waals surface area contributed by atoms with Gasteiger partial charge in [-0.1, -0.05) is 17.3 Å². The number of nitrogens with zero attached hydrogens (tertiary/aromatic N) is 3. The number of aromatic nitrogens is 2. The summed E-state index contributed by atoms with van der Waals surface area (Å²) >= 11 is 0. The van der Waals surface area contributed by atoms with Crippen molar-refractivity contribution < 1.29 is 26.1 Å². The second-order valence-electron chi connectivity index (χ2n) is 9.16. The monoisotopic (exact) mass is 507 g/mol. The maximum absolute atomic E-state index is 13.6. The molecule has 0 spiro atoms. The quantitative estimate of drug-likeness (QED) is 0.442. The third-order valence-corrected chi connectivity index (χ3v) is 9.42. The van der Waals surface area contributed by atoms with Crippen molar-refractivity contribution in [2.45, 2.75) is 64.5 Å². The Labute approximate surface area is 203 Å². The summed E-state index contributed by atoms with van der Waals surface area (Å²) in [5.74, 6) is 0.452. The molecule has 1 aromatic heterocycles. The van der Waals surface area contributed by atoms with Gasteiger partial charge in [0.2, 0.25) is 21.7 Å². The van der Waals surface area contributed by atoms with Gasteiger partial charge >= 0.3 is 6.18 Å². The highest BCUT2D eigenvalue weighted by molar-refractivity contribution is 7.89. The van der Waals surface area contributed by atoms with Gasteiger partial charge in [0.15, 0.2) is 0 Å². The van der Waals surface area contributed by atoms with E-state index in [1.807, 2.05) is 34.6 Å². The predicted molar refractivity (Wildman–Crippen MR) is 126 cm³/mol. The summed E-state index contributed by atoms with van der Waals surface area (Å²) in [6, 6.07) is 4.58. The Hall–Kier alpha value is -2.72. The van der Waals surface area contributed by atoms with Gasteiger partial charge in [0, 0.05) is 24.6 Å². The van der Waals surface area contributed by atoms with E-state index >= 15 is 0 Å². The van der Waals surface area contributed by atoms with E-state index in [0.717, 1.165) is 39.9 Å². The molecule has 3 aromatic rings. The van der Waals surface area contributed by atoms with Crippen LogP contribution in [0.3, 0.4) is 0 Å². The summed E-state index contributed by atoms with van der Waals surface area (Å²) in [7, 11) is -3.67. The molecule has 4 rings (SSSR count). The lowest BCUT2D eigenvalue weighted by Gasteiger charge is -2.31. The molecule has 0 N–H and O–H groups in total. The Morgan fingerprint density at radius 1 is 0.886 bits per heavy atom. The van der Waals surface area contributed by atoms with Crippen LogP contribution in [0, 0.1) is 34.6 Å². The van der Waals surface area contributed by atoms with Crippen molar-refractivity contribution in [2.24, 2.45) is 0 Å². The summed E-state index contributed by atoms with van der Waals surface area (Å²) in [5, 5.41) is 3.92. The van der Waals surface area contributed by atoms with Gasteiger partial charge in [-0.3, -0.25) is 0 Å². The summed E-state index contributed by atoms with van der Waals surface area (Å²) in [5.41, 5.74) is 4.33. The van der Waals surface area contributed by atoms with Gasteiger partial charge in [-0.2, -0.15) is 22.5 Å². The molecule has 2 aromatic carbocycles. The molecule has 1 aliphatic heterocycles. The van der Waals surface area contributed by atoms with E-state index in [-0.39, 0.29) is 11.7 Å². The first kappa shape index (κ1) is 25.4. The zero-order valence-corrected chi connectivity index (χ0v) is 21.1. The molecule has 2 heterocycles. The van der Waals surface area contributed by atoms with Crippen LogP contribution in [0.2, 0.25) is 0 Å². The molecule has 1 fully saturated rings. The maximum atomic E-state index is 13.6. The van der Waals surface area contributed by atoms with Crippen LogP contribution in [-0.4, -0.2) is 36.0 Å². The Balaban J connectivity index is 1.50. The number of halogens is 3. The first-order valence-corrected chi connectivity index (χ1v) is 12.8. The average Bonchev–Trinajstić information content (AvgIpc) is 3.31. The molecule has 0 unspecified atom stereocenters. The largest absolute Gasteiger partial charge is 0.416 e. The molecule has 188 valence electrons. The van der Waals surface area contributed by atoms with Crippen LogP contribution < -0.4 is 0 Å². The molecule has 6 nitrogen and oxygen atoms in total. The molecule has 1 saturated heterocycles. The van der Waals surface area contributed by atoms with Crippen LogP contribution in [-0.2, 0) is 16.2 Å². The third-order valence-electron chi connectivity index (χ3n) is 7.24. The number of hydrogen-bond donors (Lipinski definition) is 0. The number of rotatable bonds is 4. The van der Waals surface area contributed by atoms with Gasteiger partial charge in [0.1, 0.15) is 0 Å². The van der Waals surface area contributed by atoms with Gasteiger partial charge in [0.25, 0.3) is 0 Å². The van der Waals surface area contributed by atoms with E-state index in [9.17, 15) is 21.6 Å². The second-order valence-corrected chi connectivity index (χ2v) is 11.0. The van der Waals surface area contributed by atoms with Crippen molar-refractivity contribution in [2.75, 3.05) is 13.1 Å². The first-order chi connectivity index (χ1) is 16.3. The van der Waals surface area contributed by atoms with Crippen molar-refractivity contribution in [3.05, 3.63) is 63.5 Å². The van der Waals surface area contributed by atoms with E-state index < -0.39 is 21.8 Å². The van der Waals surface area contributed by atoms with Gasteiger partial charge in [0.05, 0.1) is 10.5 Å². The number of piperidine rings is 1. The highest BCUT2D eigenvalue weighted by Gasteiger charge is 2.35. The minimum absolute atomic E-state index is 0.124. The molecule has 0 atom stereocenters. The van der Waals surface area contributed by atoms with E-state index in [2.05, 4.69) is 10.1 Å². The topological polar surface area (TPSA) is 76.3 Å². The molecular weight excluding hydrogens is 479 g/mol. The van der Waals surface area contributed by atoms with Gasteiger partial charge in [-0.05, 0) is 87.4 Å². The molecule has 1 aliphatic rings. The fourth-order valence-corrected chi connectivity index (χ4v) is 6.68. The lowest BCUT2D eigenvalue weighted by Crippen LogP contribution is -2.38. The van der Waals surface area contributed by atoms with Crippen LogP contribution in [0.25, 0.3) is 11.4 Å². The minimum atomic E-state index is -4.41. The second kappa shape index (κ2) is 9.05. The SMILES string of the molecule is Cc1c(C)c(C)c(S(=O)(=O)N2CCC(c3nc(-c4ccc(C(F)(F)F)cc4)no3)CC2)c(C)c1C. The van der Waals surface area contributed by atoms with Crippen LogP contribution >= 0.6 is 0 Å². The lowest BCUT2D eigenvalue weighted by atomic mass is 9.95. The Kier molecular flexibility index (Phi) is 6.56. The number of sulfonamides is 1. The van der Waals surface area contributed by atoms with Gasteiger partial charge in [-0.25, -0.2) is 8.42 Å². The van der Waals surface area contributed by atoms with Crippen LogP contribution in [0.15, 0.2) is 33.7 Å². The molecule has 0 saturated carbocycles. The number of hydrogen-bond acceptors (Lipinski definition) is 5. The molecule has 0 amide bonds. The molecule has 0 aliphatic carbocycles. The number of alkyl halides is 3. The normalized spacial score (nSPS) is 16.1. The third kappa shape index (κ3) is 4.61. The Morgan fingerprint density at radius 3 is 1.91 bits per heavy atom. The molecule has 0 radical (unpaired) electrons. The summed E-state index contributed by atoms with van der Waals surface area (Å²) in [6.45, 7) is 10.3. The zero-order valence-electron chi connectivity index (χ0n) is 20.3. The molecular formula is C25H28F3N3O3S. The fraction of sp³-hybridized carbons (Fsp3) is 0.440. The fourth-order valence-electron chi connectivity index (χ4n) is 4.65. The highest BCUT2D eigenvalue weighted by atomic mass is 32.2. The van der Waals surface area contributed by atoms with Gasteiger partial charge in [-0.15, -0.1) is 0 Å². The minimum Gasteiger partial charge on any atom is -0.339 e. The van der Waals surface area contributed by atoms with E-state index in [1.165, 1.54) is 16.4 Å². The van der Waals surface area contributed by atoms with E-state index in [1.54, 1.807) is 0 Å². The first-order valence-electron chi connectivity index (χ1n) is 11.4. The van der Waals surface area contributed by atoms with Crippen molar-refractivity contribution in [3.8, 4) is 11.4 Å². The summed E-state index contributed by atoms with van der Waals surface area (Å²) in [6.07, 6.45) is -3.39.